The van der Waals surface area contributed by atoms with Gasteiger partial charge in [-0.1, -0.05) is 37.8 Å². The van der Waals surface area contributed by atoms with Gasteiger partial charge in [-0.3, -0.25) is 0 Å². The number of halogens is 3. The Morgan fingerprint density at radius 3 is 2.38 bits per heavy atom. The molecule has 1 nitrogen and oxygen atoms in total. The van der Waals surface area contributed by atoms with Gasteiger partial charge in [0.25, 0.3) is 0 Å². The van der Waals surface area contributed by atoms with Crippen LogP contribution >= 0.6 is 11.6 Å². The van der Waals surface area contributed by atoms with Crippen molar-refractivity contribution < 1.29 is 13.5 Å². The zero-order valence-electron chi connectivity index (χ0n) is 15.8. The lowest BCUT2D eigenvalue weighted by Gasteiger charge is -2.42. The van der Waals surface area contributed by atoms with E-state index in [1.54, 1.807) is 0 Å². The van der Waals surface area contributed by atoms with Gasteiger partial charge in [0.2, 0.25) is 0 Å². The highest BCUT2D eigenvalue weighted by Gasteiger charge is 2.36. The molecule has 0 spiro atoms. The fourth-order valence-electron chi connectivity index (χ4n) is 4.89. The molecule has 2 aliphatic rings. The number of hydrogen-bond donors (Lipinski definition) is 0. The number of ether oxygens (including phenoxy) is 1. The highest BCUT2D eigenvalue weighted by atomic mass is 35.5. The van der Waals surface area contributed by atoms with Crippen LogP contribution in [0.15, 0.2) is 12.1 Å². The molecule has 0 aromatic heterocycles. The van der Waals surface area contributed by atoms with E-state index < -0.39 is 11.6 Å². The maximum atomic E-state index is 13.8. The summed E-state index contributed by atoms with van der Waals surface area (Å²) in [5.41, 5.74) is 0.775. The molecule has 146 valence electrons. The smallest absolute Gasteiger partial charge is 0.145 e. The van der Waals surface area contributed by atoms with Crippen molar-refractivity contribution in [1.82, 2.24) is 0 Å². The van der Waals surface area contributed by atoms with Crippen LogP contribution in [0.2, 0.25) is 5.02 Å². The number of benzene rings is 1. The molecule has 26 heavy (non-hydrogen) atoms. The van der Waals surface area contributed by atoms with Crippen LogP contribution in [0.4, 0.5) is 8.78 Å². The van der Waals surface area contributed by atoms with Gasteiger partial charge in [-0.05, 0) is 80.4 Å². The summed E-state index contributed by atoms with van der Waals surface area (Å²) in [6.45, 7) is 3.12. The Labute approximate surface area is 161 Å². The van der Waals surface area contributed by atoms with Crippen LogP contribution in [0.1, 0.15) is 82.6 Å². The molecule has 4 atom stereocenters. The quantitative estimate of drug-likeness (QED) is 0.355. The number of unbranched alkanes of at least 4 members (excludes halogenated alkanes) is 3. The van der Waals surface area contributed by atoms with Crippen molar-refractivity contribution in [3.05, 3.63) is 34.4 Å². The van der Waals surface area contributed by atoms with Gasteiger partial charge < -0.3 is 4.74 Å². The molecule has 0 aliphatic heterocycles. The molecule has 1 aromatic rings. The third kappa shape index (κ3) is 4.98. The molecule has 3 rings (SSSR count). The maximum absolute atomic E-state index is 13.8. The Morgan fingerprint density at radius 1 is 0.962 bits per heavy atom. The van der Waals surface area contributed by atoms with E-state index in [9.17, 15) is 8.78 Å². The first kappa shape index (κ1) is 20.1. The minimum atomic E-state index is -0.635. The van der Waals surface area contributed by atoms with E-state index in [0.717, 1.165) is 44.3 Å². The van der Waals surface area contributed by atoms with Crippen molar-refractivity contribution >= 4 is 11.6 Å². The van der Waals surface area contributed by atoms with Crippen molar-refractivity contribution in [3.8, 4) is 0 Å². The topological polar surface area (TPSA) is 9.23 Å². The second-order valence-corrected chi connectivity index (χ2v) is 8.57. The summed E-state index contributed by atoms with van der Waals surface area (Å²) in [7, 11) is 0. The molecular weight excluding hydrogens is 354 g/mol. The van der Waals surface area contributed by atoms with Crippen LogP contribution in [0, 0.1) is 23.5 Å². The zero-order valence-corrected chi connectivity index (χ0v) is 16.5. The van der Waals surface area contributed by atoms with Crippen LogP contribution < -0.4 is 0 Å². The first-order valence-corrected chi connectivity index (χ1v) is 10.7. The third-order valence-electron chi connectivity index (χ3n) is 6.39. The fraction of sp³-hybridized carbons (Fsp3) is 0.727. The Balaban J connectivity index is 1.49. The van der Waals surface area contributed by atoms with E-state index in [0.29, 0.717) is 17.9 Å². The minimum absolute atomic E-state index is 0.254. The Hall–Kier alpha value is -0.670. The van der Waals surface area contributed by atoms with Gasteiger partial charge >= 0.3 is 0 Å². The van der Waals surface area contributed by atoms with Crippen molar-refractivity contribution in [2.75, 3.05) is 6.61 Å². The summed E-state index contributed by atoms with van der Waals surface area (Å²) in [6.07, 6.45) is 12.1. The monoisotopic (exact) mass is 384 g/mol. The molecule has 4 unspecified atom stereocenters. The molecule has 0 radical (unpaired) electrons. The van der Waals surface area contributed by atoms with Crippen LogP contribution in [0.25, 0.3) is 0 Å². The Kier molecular flexibility index (Phi) is 7.34. The predicted octanol–water partition coefficient (Wildman–Crippen LogP) is 7.27. The molecule has 2 aliphatic carbocycles. The van der Waals surface area contributed by atoms with Gasteiger partial charge in [0.1, 0.15) is 16.7 Å². The van der Waals surface area contributed by atoms with E-state index in [4.69, 9.17) is 16.3 Å². The lowest BCUT2D eigenvalue weighted by molar-refractivity contribution is -0.0163. The van der Waals surface area contributed by atoms with Gasteiger partial charge in [0.05, 0.1) is 6.10 Å². The molecule has 1 aromatic carbocycles. The van der Waals surface area contributed by atoms with E-state index in [2.05, 4.69) is 6.92 Å². The molecule has 0 N–H and O–H groups in total. The summed E-state index contributed by atoms with van der Waals surface area (Å²) in [6, 6.07) is 2.86. The number of fused-ring (bicyclic) bond motifs is 1. The first-order chi connectivity index (χ1) is 12.6. The maximum Gasteiger partial charge on any atom is 0.145 e. The highest BCUT2D eigenvalue weighted by molar-refractivity contribution is 6.30. The van der Waals surface area contributed by atoms with Gasteiger partial charge in [0, 0.05) is 6.61 Å². The summed E-state index contributed by atoms with van der Waals surface area (Å²) >= 11 is 5.62. The SMILES string of the molecule is CCCCCCOC1CCC2CC(c3cc(F)c(Cl)c(F)c3)CCC2C1. The third-order valence-corrected chi connectivity index (χ3v) is 6.75. The van der Waals surface area contributed by atoms with Crippen molar-refractivity contribution in [3.63, 3.8) is 0 Å². The van der Waals surface area contributed by atoms with Crippen LogP contribution in [0.3, 0.4) is 0 Å². The van der Waals surface area contributed by atoms with Crippen LogP contribution in [0.5, 0.6) is 0 Å². The molecule has 0 saturated heterocycles. The van der Waals surface area contributed by atoms with Crippen molar-refractivity contribution in [2.24, 2.45) is 11.8 Å². The lowest BCUT2D eigenvalue weighted by atomic mass is 9.65. The Morgan fingerprint density at radius 2 is 1.65 bits per heavy atom. The molecule has 0 heterocycles. The summed E-state index contributed by atoms with van der Waals surface area (Å²) < 4.78 is 33.7. The van der Waals surface area contributed by atoms with Crippen LogP contribution in [-0.4, -0.2) is 12.7 Å². The summed E-state index contributed by atoms with van der Waals surface area (Å²) in [4.78, 5) is 0. The molecular formula is C22H31ClF2O. The van der Waals surface area contributed by atoms with Crippen molar-refractivity contribution in [2.45, 2.75) is 83.2 Å². The average Bonchev–Trinajstić information content (AvgIpc) is 2.65. The number of rotatable bonds is 7. The molecule has 2 saturated carbocycles. The standard InChI is InChI=1S/C22H31ClF2O/c1-2-3-4-5-10-26-19-9-8-15-11-16(6-7-17(15)12-19)18-13-20(24)22(23)21(25)14-18/h13-17,19H,2-12H2,1H3. The molecule has 4 heteroatoms. The van der Waals surface area contributed by atoms with Gasteiger partial charge in [-0.25, -0.2) is 8.78 Å². The van der Waals surface area contributed by atoms with Crippen LogP contribution in [-0.2, 0) is 4.74 Å². The van der Waals surface area contributed by atoms with Crippen molar-refractivity contribution in [1.29, 1.82) is 0 Å². The van der Waals surface area contributed by atoms with E-state index >= 15 is 0 Å². The normalized spacial score (nSPS) is 28.8. The van der Waals surface area contributed by atoms with E-state index in [-0.39, 0.29) is 10.9 Å². The summed E-state index contributed by atoms with van der Waals surface area (Å²) in [5, 5.41) is -0.390. The van der Waals surface area contributed by atoms with E-state index in [1.165, 1.54) is 44.2 Å². The molecule has 0 amide bonds. The lowest BCUT2D eigenvalue weighted by Crippen LogP contribution is -2.34. The Bertz CT molecular complexity index is 569. The van der Waals surface area contributed by atoms with Gasteiger partial charge in [-0.15, -0.1) is 0 Å². The first-order valence-electron chi connectivity index (χ1n) is 10.3. The fourth-order valence-corrected chi connectivity index (χ4v) is 5.00. The second kappa shape index (κ2) is 9.50. The van der Waals surface area contributed by atoms with E-state index in [1.807, 2.05) is 0 Å². The second-order valence-electron chi connectivity index (χ2n) is 8.20. The minimum Gasteiger partial charge on any atom is -0.378 e. The number of hydrogen-bond acceptors (Lipinski definition) is 1. The van der Waals surface area contributed by atoms with Gasteiger partial charge in [0.15, 0.2) is 0 Å². The summed E-state index contributed by atoms with van der Waals surface area (Å²) in [5.74, 6) is 0.357. The van der Waals surface area contributed by atoms with Gasteiger partial charge in [-0.2, -0.15) is 0 Å². The molecule has 2 fully saturated rings. The largest absolute Gasteiger partial charge is 0.378 e. The zero-order chi connectivity index (χ0) is 18.5. The molecule has 0 bridgehead atoms. The average molecular weight is 385 g/mol. The predicted molar refractivity (Wildman–Crippen MR) is 103 cm³/mol. The highest BCUT2D eigenvalue weighted by Crippen LogP contribution is 2.47.